The van der Waals surface area contributed by atoms with Crippen LogP contribution in [0.15, 0.2) is 52.6 Å². The van der Waals surface area contributed by atoms with Gasteiger partial charge in [0.25, 0.3) is 5.91 Å². The number of thioether (sulfide) groups is 1. The van der Waals surface area contributed by atoms with Gasteiger partial charge >= 0.3 is 0 Å². The maximum Gasteiger partial charge on any atom is 0.276 e. The lowest BCUT2D eigenvalue weighted by molar-refractivity contribution is -0.116. The molecule has 1 amide bonds. The Bertz CT molecular complexity index is 1050. The van der Waals surface area contributed by atoms with Gasteiger partial charge in [-0.15, -0.1) is 5.10 Å². The molecule has 0 spiro atoms. The summed E-state index contributed by atoms with van der Waals surface area (Å²) in [7, 11) is 0. The van der Waals surface area contributed by atoms with Crippen LogP contribution in [0.25, 0.3) is 5.70 Å². The van der Waals surface area contributed by atoms with Crippen LogP contribution in [0.1, 0.15) is 25.1 Å². The molecule has 1 unspecified atom stereocenters. The molecule has 5 nitrogen and oxygen atoms in total. The van der Waals surface area contributed by atoms with Gasteiger partial charge in [-0.25, -0.2) is 5.01 Å². The molecule has 0 radical (unpaired) electrons. The van der Waals surface area contributed by atoms with Crippen LogP contribution in [0.2, 0.25) is 10.0 Å². The third-order valence-electron chi connectivity index (χ3n) is 4.22. The van der Waals surface area contributed by atoms with Crippen LogP contribution < -0.4 is 15.9 Å². The second kappa shape index (κ2) is 7.54. The molecule has 4 rings (SSSR count). The largest absolute Gasteiger partial charge is 0.298 e. The number of hydrogen-bond acceptors (Lipinski definition) is 5. The number of halogens is 2. The summed E-state index contributed by atoms with van der Waals surface area (Å²) in [6.07, 6.45) is 0.364. The van der Waals surface area contributed by atoms with Gasteiger partial charge in [-0.3, -0.25) is 15.1 Å². The van der Waals surface area contributed by atoms with Gasteiger partial charge in [0.05, 0.1) is 5.36 Å². The van der Waals surface area contributed by atoms with E-state index in [1.54, 1.807) is 23.2 Å². The number of rotatable bonds is 3. The topological polar surface area (TPSA) is 57.1 Å². The average Bonchev–Trinajstić information content (AvgIpc) is 2.66. The van der Waals surface area contributed by atoms with Gasteiger partial charge in [0.15, 0.2) is 11.3 Å². The van der Waals surface area contributed by atoms with Gasteiger partial charge in [-0.2, -0.15) is 0 Å². The normalized spacial score (nSPS) is 18.3. The summed E-state index contributed by atoms with van der Waals surface area (Å²) in [5.74, 6) is 0.646. The molecular formula is C19H16Cl2N4OS. The molecule has 0 fully saturated rings. The number of fused-ring (bicyclic) bond motifs is 2. The van der Waals surface area contributed by atoms with E-state index in [2.05, 4.69) is 17.3 Å². The molecule has 0 bridgehead atoms. The fourth-order valence-corrected chi connectivity index (χ4v) is 4.34. The van der Waals surface area contributed by atoms with Crippen LogP contribution in [0.4, 0.5) is 0 Å². The highest BCUT2D eigenvalue weighted by Crippen LogP contribution is 2.38. The first kappa shape index (κ1) is 18.3. The molecule has 0 aliphatic carbocycles. The lowest BCUT2D eigenvalue weighted by Crippen LogP contribution is -2.50. The van der Waals surface area contributed by atoms with Gasteiger partial charge in [-0.05, 0) is 24.6 Å². The lowest BCUT2D eigenvalue weighted by atomic mass is 10.1. The van der Waals surface area contributed by atoms with Crippen LogP contribution in [0.5, 0.6) is 0 Å². The minimum absolute atomic E-state index is 0.209. The first-order valence-corrected chi connectivity index (χ1v) is 10.3. The van der Waals surface area contributed by atoms with Crippen LogP contribution in [-0.2, 0) is 4.79 Å². The summed E-state index contributed by atoms with van der Waals surface area (Å²) in [5, 5.41) is 12.1. The highest BCUT2D eigenvalue weighted by molar-refractivity contribution is 8.13. The summed E-state index contributed by atoms with van der Waals surface area (Å²) in [6, 6.07) is 12.8. The van der Waals surface area contributed by atoms with Crippen molar-refractivity contribution in [2.45, 2.75) is 19.5 Å². The third kappa shape index (κ3) is 3.33. The number of hydrogen-bond donors (Lipinski definition) is 1. The fourth-order valence-electron chi connectivity index (χ4n) is 3.04. The molecule has 1 N–H and O–H groups in total. The molecule has 2 aromatic carbocycles. The Labute approximate surface area is 170 Å². The predicted octanol–water partition coefficient (Wildman–Crippen LogP) is 3.28. The van der Waals surface area contributed by atoms with E-state index < -0.39 is 6.17 Å². The quantitative estimate of drug-likeness (QED) is 0.831. The van der Waals surface area contributed by atoms with E-state index in [4.69, 9.17) is 28.2 Å². The average molecular weight is 419 g/mol. The van der Waals surface area contributed by atoms with Crippen molar-refractivity contribution in [3.05, 3.63) is 68.6 Å². The summed E-state index contributed by atoms with van der Waals surface area (Å²) >= 11 is 14.4. The maximum absolute atomic E-state index is 12.9. The summed E-state index contributed by atoms with van der Waals surface area (Å²) in [4.78, 5) is 17.7. The molecule has 8 heteroatoms. The molecule has 0 saturated carbocycles. The lowest BCUT2D eigenvalue weighted by Gasteiger charge is -2.34. The minimum Gasteiger partial charge on any atom is -0.298 e. The van der Waals surface area contributed by atoms with Gasteiger partial charge in [-0.1, -0.05) is 66.2 Å². The van der Waals surface area contributed by atoms with Crippen molar-refractivity contribution in [1.29, 1.82) is 0 Å². The number of para-hydroxylation sites is 1. The Morgan fingerprint density at radius 1 is 1.15 bits per heavy atom. The zero-order chi connectivity index (χ0) is 19.0. The van der Waals surface area contributed by atoms with E-state index in [0.717, 1.165) is 17.4 Å². The van der Waals surface area contributed by atoms with Crippen molar-refractivity contribution in [2.24, 2.45) is 10.1 Å². The standard InChI is InChI=1S/C19H16Cl2N4OS/c1-2-10-27-19-23-18(26)16-11-6-3-4-9-14(11)22-17(25(16)24-19)15-12(20)7-5-8-13(15)21/h3-9,17H,2,10H2,1H3,(H,23,24,26). The van der Waals surface area contributed by atoms with Crippen molar-refractivity contribution in [3.63, 3.8) is 0 Å². The predicted molar refractivity (Wildman–Crippen MR) is 110 cm³/mol. The third-order valence-corrected chi connectivity index (χ3v) is 5.94. The van der Waals surface area contributed by atoms with Crippen LogP contribution in [-0.4, -0.2) is 21.8 Å². The molecule has 2 aliphatic rings. The summed E-state index contributed by atoms with van der Waals surface area (Å²) in [5.41, 5.74) is 1.08. The second-order valence-corrected chi connectivity index (χ2v) is 7.95. The molecule has 1 atom stereocenters. The van der Waals surface area contributed by atoms with E-state index in [-0.39, 0.29) is 5.91 Å². The zero-order valence-corrected chi connectivity index (χ0v) is 16.8. The highest BCUT2D eigenvalue weighted by atomic mass is 35.5. The van der Waals surface area contributed by atoms with Crippen molar-refractivity contribution in [2.75, 3.05) is 5.75 Å². The van der Waals surface area contributed by atoms with Crippen LogP contribution in [0, 0.1) is 0 Å². The van der Waals surface area contributed by atoms with Crippen LogP contribution in [0.3, 0.4) is 0 Å². The number of amides is 1. The molecular weight excluding hydrogens is 403 g/mol. The Morgan fingerprint density at radius 3 is 2.63 bits per heavy atom. The van der Waals surface area contributed by atoms with E-state index in [0.29, 0.717) is 31.8 Å². The first-order chi connectivity index (χ1) is 13.1. The van der Waals surface area contributed by atoms with Crippen molar-refractivity contribution in [3.8, 4) is 0 Å². The van der Waals surface area contributed by atoms with Gasteiger partial charge in [0.2, 0.25) is 0 Å². The maximum atomic E-state index is 12.9. The fraction of sp³-hybridized carbons (Fsp3) is 0.211. The molecule has 2 heterocycles. The zero-order valence-electron chi connectivity index (χ0n) is 14.4. The summed E-state index contributed by atoms with van der Waals surface area (Å²) in [6.45, 7) is 2.08. The Morgan fingerprint density at radius 2 is 1.89 bits per heavy atom. The SMILES string of the molecule is CCCSC1=NN2C(=c3ccccc3=NC2c2c(Cl)cccc2Cl)C(=O)N1. The minimum atomic E-state index is -0.612. The van der Waals surface area contributed by atoms with Crippen molar-refractivity contribution in [1.82, 2.24) is 10.3 Å². The van der Waals surface area contributed by atoms with Crippen molar-refractivity contribution < 1.29 is 4.79 Å². The number of benzene rings is 2. The summed E-state index contributed by atoms with van der Waals surface area (Å²) < 4.78 is 0. The Kier molecular flexibility index (Phi) is 5.12. The molecule has 27 heavy (non-hydrogen) atoms. The van der Waals surface area contributed by atoms with Crippen molar-refractivity contribution >= 4 is 51.7 Å². The number of nitrogens with zero attached hydrogens (tertiary/aromatic N) is 3. The first-order valence-electron chi connectivity index (χ1n) is 8.53. The monoisotopic (exact) mass is 418 g/mol. The number of carbonyl (C=O) groups is 1. The number of carbonyl (C=O) groups excluding carboxylic acids is 1. The Hall–Kier alpha value is -2.02. The molecule has 0 aromatic heterocycles. The highest BCUT2D eigenvalue weighted by Gasteiger charge is 2.36. The van der Waals surface area contributed by atoms with E-state index >= 15 is 0 Å². The van der Waals surface area contributed by atoms with E-state index in [9.17, 15) is 4.79 Å². The second-order valence-electron chi connectivity index (χ2n) is 6.06. The van der Waals surface area contributed by atoms with Gasteiger partial charge in [0, 0.05) is 26.6 Å². The molecule has 138 valence electrons. The van der Waals surface area contributed by atoms with E-state index in [1.165, 1.54) is 11.8 Å². The van der Waals surface area contributed by atoms with Gasteiger partial charge in [0.1, 0.15) is 5.70 Å². The number of amidine groups is 1. The smallest absolute Gasteiger partial charge is 0.276 e. The number of hydrazone groups is 1. The molecule has 2 aliphatic heterocycles. The Balaban J connectivity index is 1.95. The van der Waals surface area contributed by atoms with Gasteiger partial charge < -0.3 is 0 Å². The van der Waals surface area contributed by atoms with E-state index in [1.807, 2.05) is 24.3 Å². The molecule has 0 saturated heterocycles. The van der Waals surface area contributed by atoms with Crippen LogP contribution >= 0.6 is 35.0 Å². The number of nitrogens with one attached hydrogen (secondary N) is 1. The molecule has 2 aromatic rings.